The van der Waals surface area contributed by atoms with Crippen molar-refractivity contribution in [2.24, 2.45) is 11.7 Å². The molecule has 2 aromatic carbocycles. The van der Waals surface area contributed by atoms with Crippen LogP contribution in [0.15, 0.2) is 53.4 Å². The third kappa shape index (κ3) is 4.17. The van der Waals surface area contributed by atoms with Gasteiger partial charge < -0.3 is 10.6 Å². The summed E-state index contributed by atoms with van der Waals surface area (Å²) in [4.78, 5) is 22.7. The molecule has 0 unspecified atom stereocenters. The molecule has 4 rings (SSSR count). The van der Waals surface area contributed by atoms with Gasteiger partial charge in [0.1, 0.15) is 0 Å². The fourth-order valence-electron chi connectivity index (χ4n) is 3.46. The molecule has 1 aromatic heterocycles. The van der Waals surface area contributed by atoms with Crippen LogP contribution in [0.5, 0.6) is 0 Å². The summed E-state index contributed by atoms with van der Waals surface area (Å²) >= 11 is 5.87. The molecule has 10 heteroatoms. The van der Waals surface area contributed by atoms with E-state index in [1.807, 2.05) is 23.1 Å². The summed E-state index contributed by atoms with van der Waals surface area (Å²) in [5, 5.41) is 0.442. The minimum Gasteiger partial charge on any atom is -0.369 e. The Hall–Kier alpha value is -2.91. The number of piperidine rings is 1. The number of fused-ring (bicyclic) bond motifs is 1. The number of para-hydroxylation sites is 2. The second-order valence-corrected chi connectivity index (χ2v) is 9.23. The number of nitrogens with one attached hydrogen (secondary N) is 1. The Bertz CT molecular complexity index is 1190. The van der Waals surface area contributed by atoms with Crippen LogP contribution in [-0.4, -0.2) is 37.4 Å². The van der Waals surface area contributed by atoms with Crippen LogP contribution in [0.2, 0.25) is 5.02 Å². The van der Waals surface area contributed by atoms with E-state index in [2.05, 4.69) is 14.7 Å². The van der Waals surface area contributed by atoms with Crippen molar-refractivity contribution in [2.45, 2.75) is 17.7 Å². The monoisotopic (exact) mass is 445 g/mol. The summed E-state index contributed by atoms with van der Waals surface area (Å²) in [5.41, 5.74) is 6.65. The largest absolute Gasteiger partial charge is 0.369 e. The number of carbonyl (C=O) groups excluding carboxylic acids is 1. The standard InChI is InChI=1S/C20H20ClN5O3S/c21-14-5-7-15(8-6-14)30(28,29)25-19-20(24-17-4-2-1-3-16(17)23-19)26-11-9-13(10-12-26)18(22)27/h1-8,13H,9-12H2,(H2,22,27)(H,23,25). The van der Waals surface area contributed by atoms with E-state index in [-0.39, 0.29) is 22.5 Å². The molecule has 0 atom stereocenters. The van der Waals surface area contributed by atoms with Gasteiger partial charge in [0.2, 0.25) is 5.91 Å². The van der Waals surface area contributed by atoms with Gasteiger partial charge in [-0.3, -0.25) is 9.52 Å². The number of hydrogen-bond acceptors (Lipinski definition) is 6. The second-order valence-electron chi connectivity index (χ2n) is 7.11. The molecule has 1 aliphatic heterocycles. The lowest BCUT2D eigenvalue weighted by Crippen LogP contribution is -2.39. The number of hydrogen-bond donors (Lipinski definition) is 2. The Morgan fingerprint density at radius 2 is 1.63 bits per heavy atom. The zero-order valence-electron chi connectivity index (χ0n) is 16.0. The molecule has 0 radical (unpaired) electrons. The number of primary amides is 1. The average molecular weight is 446 g/mol. The number of anilines is 2. The van der Waals surface area contributed by atoms with Crippen LogP contribution < -0.4 is 15.4 Å². The summed E-state index contributed by atoms with van der Waals surface area (Å²) in [6, 6.07) is 13.1. The van der Waals surface area contributed by atoms with Gasteiger partial charge in [0.05, 0.1) is 15.9 Å². The van der Waals surface area contributed by atoms with Crippen molar-refractivity contribution in [2.75, 3.05) is 22.7 Å². The van der Waals surface area contributed by atoms with Gasteiger partial charge in [-0.2, -0.15) is 0 Å². The predicted molar refractivity (Wildman–Crippen MR) is 116 cm³/mol. The smallest absolute Gasteiger partial charge is 0.263 e. The van der Waals surface area contributed by atoms with Crippen molar-refractivity contribution in [3.8, 4) is 0 Å². The molecule has 8 nitrogen and oxygen atoms in total. The van der Waals surface area contributed by atoms with Crippen molar-refractivity contribution in [3.63, 3.8) is 0 Å². The van der Waals surface area contributed by atoms with Gasteiger partial charge in [0, 0.05) is 24.0 Å². The van der Waals surface area contributed by atoms with Gasteiger partial charge in [-0.05, 0) is 49.2 Å². The van der Waals surface area contributed by atoms with Crippen LogP contribution in [0, 0.1) is 5.92 Å². The zero-order chi connectivity index (χ0) is 21.3. The Morgan fingerprint density at radius 3 is 2.23 bits per heavy atom. The molecule has 30 heavy (non-hydrogen) atoms. The average Bonchev–Trinajstić information content (AvgIpc) is 2.73. The van der Waals surface area contributed by atoms with E-state index in [4.69, 9.17) is 17.3 Å². The van der Waals surface area contributed by atoms with E-state index in [1.165, 1.54) is 24.3 Å². The van der Waals surface area contributed by atoms with Crippen molar-refractivity contribution < 1.29 is 13.2 Å². The number of carbonyl (C=O) groups is 1. The third-order valence-corrected chi connectivity index (χ3v) is 6.71. The molecule has 1 fully saturated rings. The highest BCUT2D eigenvalue weighted by molar-refractivity contribution is 7.92. The maximum atomic E-state index is 12.9. The molecule has 3 aromatic rings. The highest BCUT2D eigenvalue weighted by Gasteiger charge is 2.27. The summed E-state index contributed by atoms with van der Waals surface area (Å²) in [6.45, 7) is 1.05. The number of nitrogens with zero attached hydrogens (tertiary/aromatic N) is 3. The topological polar surface area (TPSA) is 118 Å². The van der Waals surface area contributed by atoms with Gasteiger partial charge in [-0.15, -0.1) is 0 Å². The first-order valence-electron chi connectivity index (χ1n) is 9.43. The van der Waals surface area contributed by atoms with Crippen molar-refractivity contribution in [1.82, 2.24) is 9.97 Å². The van der Waals surface area contributed by atoms with Gasteiger partial charge in [0.15, 0.2) is 11.6 Å². The molecule has 0 spiro atoms. The number of aromatic nitrogens is 2. The van der Waals surface area contributed by atoms with Gasteiger partial charge in [-0.25, -0.2) is 18.4 Å². The first kappa shape index (κ1) is 20.4. The van der Waals surface area contributed by atoms with Crippen molar-refractivity contribution in [1.29, 1.82) is 0 Å². The fourth-order valence-corrected chi connectivity index (χ4v) is 4.59. The van der Waals surface area contributed by atoms with E-state index >= 15 is 0 Å². The highest BCUT2D eigenvalue weighted by atomic mass is 35.5. The summed E-state index contributed by atoms with van der Waals surface area (Å²) in [5.74, 6) is 0.0575. The number of halogens is 1. The van der Waals surface area contributed by atoms with E-state index in [0.717, 1.165) is 0 Å². The van der Waals surface area contributed by atoms with E-state index in [0.29, 0.717) is 47.8 Å². The van der Waals surface area contributed by atoms with Crippen LogP contribution in [-0.2, 0) is 14.8 Å². The molecule has 0 bridgehead atoms. The van der Waals surface area contributed by atoms with Gasteiger partial charge in [-0.1, -0.05) is 23.7 Å². The van der Waals surface area contributed by atoms with E-state index in [1.54, 1.807) is 6.07 Å². The number of nitrogens with two attached hydrogens (primary N) is 1. The zero-order valence-corrected chi connectivity index (χ0v) is 17.5. The lowest BCUT2D eigenvalue weighted by atomic mass is 9.96. The Morgan fingerprint density at radius 1 is 1.03 bits per heavy atom. The van der Waals surface area contributed by atoms with Gasteiger partial charge >= 0.3 is 0 Å². The first-order chi connectivity index (χ1) is 14.3. The molecular weight excluding hydrogens is 426 g/mol. The van der Waals surface area contributed by atoms with Crippen LogP contribution >= 0.6 is 11.6 Å². The molecular formula is C20H20ClN5O3S. The number of amides is 1. The molecule has 1 saturated heterocycles. The summed E-state index contributed by atoms with van der Waals surface area (Å²) in [7, 11) is -3.90. The SMILES string of the molecule is NC(=O)C1CCN(c2nc3ccccc3nc2NS(=O)(=O)c2ccc(Cl)cc2)CC1. The number of sulfonamides is 1. The Labute approximate surface area is 179 Å². The van der Waals surface area contributed by atoms with Crippen LogP contribution in [0.3, 0.4) is 0 Å². The lowest BCUT2D eigenvalue weighted by Gasteiger charge is -2.32. The first-order valence-corrected chi connectivity index (χ1v) is 11.3. The fraction of sp³-hybridized carbons (Fsp3) is 0.250. The van der Waals surface area contributed by atoms with E-state index < -0.39 is 10.0 Å². The predicted octanol–water partition coefficient (Wildman–Crippen LogP) is 2.79. The molecule has 1 amide bonds. The molecule has 2 heterocycles. The maximum absolute atomic E-state index is 12.9. The summed E-state index contributed by atoms with van der Waals surface area (Å²) in [6.07, 6.45) is 1.15. The minimum absolute atomic E-state index is 0.0697. The van der Waals surface area contributed by atoms with Gasteiger partial charge in [0.25, 0.3) is 10.0 Å². The molecule has 0 aliphatic carbocycles. The van der Waals surface area contributed by atoms with Crippen LogP contribution in [0.1, 0.15) is 12.8 Å². The second kappa shape index (κ2) is 8.08. The van der Waals surface area contributed by atoms with Crippen molar-refractivity contribution >= 4 is 50.2 Å². The van der Waals surface area contributed by atoms with Crippen molar-refractivity contribution in [3.05, 3.63) is 53.6 Å². The molecule has 156 valence electrons. The van der Waals surface area contributed by atoms with Crippen LogP contribution in [0.25, 0.3) is 11.0 Å². The normalized spacial score (nSPS) is 15.3. The highest BCUT2D eigenvalue weighted by Crippen LogP contribution is 2.30. The third-order valence-electron chi connectivity index (χ3n) is 5.10. The molecule has 0 saturated carbocycles. The van der Waals surface area contributed by atoms with E-state index in [9.17, 15) is 13.2 Å². The van der Waals surface area contributed by atoms with Crippen LogP contribution in [0.4, 0.5) is 11.6 Å². The number of benzene rings is 2. The Kier molecular flexibility index (Phi) is 5.48. The molecule has 3 N–H and O–H groups in total. The minimum atomic E-state index is -3.90. The lowest BCUT2D eigenvalue weighted by molar-refractivity contribution is -0.122. The quantitative estimate of drug-likeness (QED) is 0.623. The molecule has 1 aliphatic rings. The number of rotatable bonds is 5. The maximum Gasteiger partial charge on any atom is 0.263 e. The Balaban J connectivity index is 1.72. The summed E-state index contributed by atoms with van der Waals surface area (Å²) < 4.78 is 28.4.